The molecule has 12 unspecified atom stereocenters. The Morgan fingerprint density at radius 2 is 0.878 bits per heavy atom. The molecule has 6 aliphatic rings. The van der Waals surface area contributed by atoms with Crippen LogP contribution >= 0.6 is 0 Å². The first-order valence-corrected chi connectivity index (χ1v) is 29.1. The summed E-state index contributed by atoms with van der Waals surface area (Å²) in [6, 6.07) is 1.18. The molecule has 28 nitrogen and oxygen atoms in total. The molecule has 22 N–H and O–H groups in total. The van der Waals surface area contributed by atoms with Crippen LogP contribution in [0.25, 0.3) is 0 Å². The van der Waals surface area contributed by atoms with Crippen molar-refractivity contribution in [1.29, 1.82) is 0 Å². The van der Waals surface area contributed by atoms with Crippen LogP contribution in [0, 0.1) is 0 Å². The summed E-state index contributed by atoms with van der Waals surface area (Å²) >= 11 is 0. The Kier molecular flexibility index (Phi) is 24.2. The van der Waals surface area contributed by atoms with Gasteiger partial charge >= 0.3 is 0 Å². The van der Waals surface area contributed by atoms with Crippen LogP contribution in [0.2, 0.25) is 0 Å². The molecule has 7 rings (SSSR count). The SMILES string of the molecule is CNC(C)[C@@H]1CCC(NCCNC(=O)c2ccc(C(=O)NCCN[C@@H]3CC[C@@H](C(C)NC)OC3OC3[C@H](O)C(OC4OC[C@](C)(O)C(NC)[C@H]4O)[C@H](N)C[C@@H]3N)cc2)C(OC2[C@H](O)C(OC3OC[C@](C)(O)[C@H](NC)[C@H]3O)[C@H](N)C[C@@H]2N)O1. The van der Waals surface area contributed by atoms with Crippen molar-refractivity contribution in [2.24, 2.45) is 22.9 Å². The van der Waals surface area contributed by atoms with Gasteiger partial charge in [-0.25, -0.2) is 0 Å². The third-order valence-electron chi connectivity index (χ3n) is 17.4. The van der Waals surface area contributed by atoms with E-state index in [4.69, 9.17) is 60.8 Å². The predicted octanol–water partition coefficient (Wildman–Crippen LogP) is -6.22. The first kappa shape index (κ1) is 66.7. The molecule has 2 aliphatic carbocycles. The highest BCUT2D eigenvalue weighted by atomic mass is 16.7. The van der Waals surface area contributed by atoms with Crippen LogP contribution in [-0.2, 0) is 37.9 Å². The number of aliphatic hydroxyl groups excluding tert-OH is 4. The summed E-state index contributed by atoms with van der Waals surface area (Å²) in [5, 5.41) is 92.0. The maximum absolute atomic E-state index is 13.3. The third-order valence-corrected chi connectivity index (χ3v) is 17.4. The molecule has 0 radical (unpaired) electrons. The Labute approximate surface area is 481 Å². The molecule has 26 atom stereocenters. The fourth-order valence-electron chi connectivity index (χ4n) is 12.3. The number of hydrogen-bond donors (Lipinski definition) is 18. The maximum Gasteiger partial charge on any atom is 0.251 e. The van der Waals surface area contributed by atoms with E-state index in [9.17, 15) is 40.2 Å². The van der Waals surface area contributed by atoms with Crippen molar-refractivity contribution in [3.8, 4) is 0 Å². The quantitative estimate of drug-likeness (QED) is 0.0428. The second kappa shape index (κ2) is 29.7. The number of benzene rings is 1. The molecule has 0 aromatic heterocycles. The molecule has 0 spiro atoms. The van der Waals surface area contributed by atoms with Gasteiger partial charge in [-0.2, -0.15) is 0 Å². The van der Waals surface area contributed by atoms with Crippen LogP contribution in [0.3, 0.4) is 0 Å². The molecule has 2 amide bonds. The van der Waals surface area contributed by atoms with Gasteiger partial charge in [0, 0.05) is 73.6 Å². The van der Waals surface area contributed by atoms with Gasteiger partial charge in [-0.1, -0.05) is 0 Å². The summed E-state index contributed by atoms with van der Waals surface area (Å²) in [6.07, 6.45) is -10.7. The largest absolute Gasteiger partial charge is 0.388 e. The second-order valence-electron chi connectivity index (χ2n) is 23.7. The van der Waals surface area contributed by atoms with E-state index >= 15 is 0 Å². The van der Waals surface area contributed by atoms with Crippen molar-refractivity contribution in [3.63, 3.8) is 0 Å². The molecule has 470 valence electrons. The molecule has 0 bridgehead atoms. The summed E-state index contributed by atoms with van der Waals surface area (Å²) in [4.78, 5) is 26.6. The smallest absolute Gasteiger partial charge is 0.251 e. The lowest BCUT2D eigenvalue weighted by molar-refractivity contribution is -0.308. The zero-order valence-corrected chi connectivity index (χ0v) is 48.7. The average Bonchev–Trinajstić information content (AvgIpc) is 3.51. The van der Waals surface area contributed by atoms with Crippen molar-refractivity contribution in [2.75, 3.05) is 67.6 Å². The second-order valence-corrected chi connectivity index (χ2v) is 23.7. The highest BCUT2D eigenvalue weighted by molar-refractivity contribution is 5.97. The van der Waals surface area contributed by atoms with E-state index in [-0.39, 0.29) is 87.3 Å². The Balaban J connectivity index is 0.875. The fraction of sp³-hybridized carbons (Fsp3) is 0.852. The summed E-state index contributed by atoms with van der Waals surface area (Å²) in [5.41, 5.74) is 24.1. The maximum atomic E-state index is 13.3. The van der Waals surface area contributed by atoms with Crippen molar-refractivity contribution in [3.05, 3.63) is 35.4 Å². The van der Waals surface area contributed by atoms with Gasteiger partial charge in [0.05, 0.1) is 49.6 Å². The standard InChI is InChI=1S/C54H98N12O16/c1-25(59-5)35-15-13-33(49(77-35)79-41-29(55)21-31(57)43(37(41)67)81-51-39(69)45(61-7)53(3,73)23-75-51)63-17-19-65-47(71)27-9-11-28(12-10-27)48(72)66-20-18-64-34-14-16-36(26(2)60-6)78-50(34)80-42-30(56)22-32(58)44(38(42)68)82-52-40(70)46(62-8)54(4,74)24-76-52/h9-12,25-26,29-46,49-52,59-64,67-70,73-74H,13-24,55-58H2,1-8H3,(H,65,71)(H,66,72)/t25?,26?,29-,30-,31+,32+,33+,34?,35-,36-,37-,38-,39+,40+,41?,42?,43?,44?,45?,46+,49?,50?,51?,52?,53-,54-/m0/s1. The lowest BCUT2D eigenvalue weighted by Gasteiger charge is -2.48. The van der Waals surface area contributed by atoms with Gasteiger partial charge in [0.15, 0.2) is 25.2 Å². The molecule has 6 fully saturated rings. The van der Waals surface area contributed by atoms with Crippen molar-refractivity contribution < 1.29 is 78.1 Å². The van der Waals surface area contributed by atoms with Crippen LogP contribution < -0.4 is 65.5 Å². The summed E-state index contributed by atoms with van der Waals surface area (Å²) in [6.45, 7) is 7.99. The number of likely N-dealkylation sites (N-methyl/N-ethyl adjacent to an activating group) is 4. The number of carbonyl (C=O) groups excluding carboxylic acids is 2. The highest BCUT2D eigenvalue weighted by Crippen LogP contribution is 2.35. The number of amides is 2. The Bertz CT molecular complexity index is 2000. The van der Waals surface area contributed by atoms with E-state index in [2.05, 4.69) is 42.5 Å². The molecule has 28 heteroatoms. The third kappa shape index (κ3) is 16.0. The summed E-state index contributed by atoms with van der Waals surface area (Å²) < 4.78 is 49.7. The van der Waals surface area contributed by atoms with Crippen LogP contribution in [0.1, 0.15) is 86.9 Å². The van der Waals surface area contributed by atoms with E-state index in [1.54, 1.807) is 52.2 Å². The monoisotopic (exact) mass is 1170 g/mol. The molecule has 1 aromatic rings. The molecule has 2 saturated carbocycles. The van der Waals surface area contributed by atoms with E-state index in [1.165, 1.54) is 0 Å². The van der Waals surface area contributed by atoms with Crippen LogP contribution in [0.4, 0.5) is 0 Å². The number of hydrogen-bond acceptors (Lipinski definition) is 26. The average molecular weight is 1170 g/mol. The zero-order chi connectivity index (χ0) is 59.8. The number of ether oxygens (including phenoxy) is 8. The van der Waals surface area contributed by atoms with Gasteiger partial charge in [0.2, 0.25) is 0 Å². The van der Waals surface area contributed by atoms with Crippen LogP contribution in [-0.4, -0.2) is 268 Å². The number of rotatable bonds is 24. The van der Waals surface area contributed by atoms with Gasteiger partial charge in [0.25, 0.3) is 11.8 Å². The minimum atomic E-state index is -1.37. The van der Waals surface area contributed by atoms with Crippen LogP contribution in [0.5, 0.6) is 0 Å². The van der Waals surface area contributed by atoms with Crippen LogP contribution in [0.15, 0.2) is 24.3 Å². The predicted molar refractivity (Wildman–Crippen MR) is 299 cm³/mol. The van der Waals surface area contributed by atoms with Gasteiger partial charge in [-0.15, -0.1) is 0 Å². The van der Waals surface area contributed by atoms with Crippen molar-refractivity contribution in [2.45, 2.75) is 224 Å². The molecule has 4 aliphatic heterocycles. The van der Waals surface area contributed by atoms with Gasteiger partial charge < -0.3 is 134 Å². The van der Waals surface area contributed by atoms with Gasteiger partial charge in [0.1, 0.15) is 60.0 Å². The first-order chi connectivity index (χ1) is 38.9. The summed E-state index contributed by atoms with van der Waals surface area (Å²) in [7, 11) is 6.91. The Hall–Kier alpha value is -2.80. The molecular weight excluding hydrogens is 1070 g/mol. The van der Waals surface area contributed by atoms with E-state index in [0.717, 1.165) is 0 Å². The number of nitrogens with two attached hydrogens (primary N) is 4. The Morgan fingerprint density at radius 3 is 1.20 bits per heavy atom. The number of aliphatic hydroxyl groups is 6. The highest BCUT2D eigenvalue weighted by Gasteiger charge is 2.53. The molecular formula is C54H98N12O16. The molecule has 82 heavy (non-hydrogen) atoms. The minimum absolute atomic E-state index is 0.0200. The zero-order valence-electron chi connectivity index (χ0n) is 48.7. The lowest BCUT2D eigenvalue weighted by Crippen LogP contribution is -2.68. The fourth-order valence-corrected chi connectivity index (χ4v) is 12.3. The first-order valence-electron chi connectivity index (χ1n) is 29.1. The molecule has 4 saturated heterocycles. The number of carbonyl (C=O) groups is 2. The van der Waals surface area contributed by atoms with Crippen molar-refractivity contribution >= 4 is 11.8 Å². The van der Waals surface area contributed by atoms with E-state index in [0.29, 0.717) is 49.9 Å². The van der Waals surface area contributed by atoms with Gasteiger partial charge in [-0.3, -0.25) is 9.59 Å². The normalized spacial score (nSPS) is 42.7. The van der Waals surface area contributed by atoms with Crippen molar-refractivity contribution in [1.82, 2.24) is 42.5 Å². The van der Waals surface area contributed by atoms with E-state index in [1.807, 2.05) is 27.9 Å². The molecule has 1 aromatic carbocycles. The summed E-state index contributed by atoms with van der Waals surface area (Å²) in [5.74, 6) is -0.687. The van der Waals surface area contributed by atoms with E-state index < -0.39 is 121 Å². The lowest BCUT2D eigenvalue weighted by atomic mass is 9.84. The molecule has 4 heterocycles. The van der Waals surface area contributed by atoms with Gasteiger partial charge in [-0.05, 0) is 119 Å². The Morgan fingerprint density at radius 1 is 0.549 bits per heavy atom. The topological polar surface area (TPSA) is 430 Å². The minimum Gasteiger partial charge on any atom is -0.388 e. The number of nitrogens with one attached hydrogen (secondary N) is 8.